The van der Waals surface area contributed by atoms with Crippen molar-refractivity contribution in [3.63, 3.8) is 0 Å². The van der Waals surface area contributed by atoms with Crippen molar-refractivity contribution >= 4 is 34.9 Å². The van der Waals surface area contributed by atoms with Gasteiger partial charge in [0, 0.05) is 50.4 Å². The number of hydrogen-bond acceptors (Lipinski definition) is 8. The molecule has 1 atom stereocenters. The van der Waals surface area contributed by atoms with Crippen LogP contribution in [0.25, 0.3) is 10.9 Å². The van der Waals surface area contributed by atoms with E-state index in [0.29, 0.717) is 29.8 Å². The van der Waals surface area contributed by atoms with Crippen molar-refractivity contribution in [2.24, 2.45) is 7.05 Å². The molecular weight excluding hydrogens is 414 g/mol. The fraction of sp³-hybridized carbons (Fsp3) is 0.381. The number of carboxylic acid groups (broad SMARTS) is 1. The first kappa shape index (κ1) is 22.9. The third-order valence-corrected chi connectivity index (χ3v) is 4.84. The van der Waals surface area contributed by atoms with Crippen molar-refractivity contribution in [3.05, 3.63) is 36.3 Å². The zero-order valence-corrected chi connectivity index (χ0v) is 18.3. The average molecular weight is 441 g/mol. The summed E-state index contributed by atoms with van der Waals surface area (Å²) in [5.74, 6) is 1.41. The molecule has 0 aliphatic carbocycles. The Morgan fingerprint density at radius 3 is 2.81 bits per heavy atom. The number of aromatic nitrogens is 4. The minimum atomic E-state index is -0.294. The number of hydrogen-bond donors (Lipinski definition) is 3. The highest BCUT2D eigenvalue weighted by molar-refractivity contribution is 6.08. The number of ether oxygens (including phenoxy) is 1. The van der Waals surface area contributed by atoms with Gasteiger partial charge >= 0.3 is 0 Å². The van der Waals surface area contributed by atoms with E-state index in [0.717, 1.165) is 36.4 Å². The Balaban J connectivity index is 0.000000913. The molecule has 1 amide bonds. The molecule has 4 rings (SSSR count). The van der Waals surface area contributed by atoms with E-state index in [1.807, 2.05) is 20.2 Å². The molecule has 3 N–H and O–H groups in total. The second-order valence-corrected chi connectivity index (χ2v) is 7.26. The molecule has 1 aliphatic heterocycles. The lowest BCUT2D eigenvalue weighted by atomic mass is 10.1. The molecule has 0 radical (unpaired) electrons. The number of benzene rings is 1. The standard InChI is InChI=1S/C20H25N7O2.CH2O2/c1-4-29-17-8-16-14(12-26(3)25-16)7-15(17)20(28)24-18-9-23-19(10-22-18)27-6-5-21-13(2)11-27;2-1-3/h7-10,12-13,21H,4-6,11H2,1-3H3,(H,22,24,28);1H,(H,2,3)/t13-;/m0./s1. The molecule has 2 aromatic heterocycles. The maximum absolute atomic E-state index is 12.9. The molecule has 11 nitrogen and oxygen atoms in total. The zero-order chi connectivity index (χ0) is 23.1. The Labute approximate surface area is 185 Å². The number of amides is 1. The van der Waals surface area contributed by atoms with Crippen LogP contribution in [0, 0.1) is 0 Å². The van der Waals surface area contributed by atoms with E-state index in [-0.39, 0.29) is 12.4 Å². The predicted octanol–water partition coefficient (Wildman–Crippen LogP) is 1.51. The van der Waals surface area contributed by atoms with Crippen LogP contribution in [0.4, 0.5) is 11.6 Å². The van der Waals surface area contributed by atoms with Gasteiger partial charge in [-0.1, -0.05) is 0 Å². The van der Waals surface area contributed by atoms with Gasteiger partial charge in [-0.05, 0) is 19.9 Å². The molecule has 1 fully saturated rings. The summed E-state index contributed by atoms with van der Waals surface area (Å²) in [6.45, 7) is 6.90. The van der Waals surface area contributed by atoms with Gasteiger partial charge in [0.1, 0.15) is 11.6 Å². The molecule has 0 saturated carbocycles. The summed E-state index contributed by atoms with van der Waals surface area (Å²) >= 11 is 0. The van der Waals surface area contributed by atoms with Crippen molar-refractivity contribution in [2.75, 3.05) is 36.5 Å². The van der Waals surface area contributed by atoms with Gasteiger partial charge in [-0.25, -0.2) is 9.97 Å². The van der Waals surface area contributed by atoms with E-state index in [1.54, 1.807) is 29.2 Å². The van der Waals surface area contributed by atoms with E-state index < -0.39 is 0 Å². The Morgan fingerprint density at radius 2 is 2.16 bits per heavy atom. The number of nitrogens with one attached hydrogen (secondary N) is 2. The van der Waals surface area contributed by atoms with Gasteiger partial charge in [0.25, 0.3) is 12.4 Å². The number of fused-ring (bicyclic) bond motifs is 1. The molecule has 170 valence electrons. The van der Waals surface area contributed by atoms with Crippen LogP contribution in [0.15, 0.2) is 30.7 Å². The number of aryl methyl sites for hydroxylation is 1. The average Bonchev–Trinajstić information content (AvgIpc) is 3.13. The molecule has 32 heavy (non-hydrogen) atoms. The lowest BCUT2D eigenvalue weighted by molar-refractivity contribution is -0.122. The van der Waals surface area contributed by atoms with E-state index in [2.05, 4.69) is 37.5 Å². The summed E-state index contributed by atoms with van der Waals surface area (Å²) in [5, 5.41) is 18.4. The molecule has 1 saturated heterocycles. The smallest absolute Gasteiger partial charge is 0.290 e. The first-order valence-corrected chi connectivity index (χ1v) is 10.2. The SMILES string of the molecule is CCOc1cc2nn(C)cc2cc1C(=O)Nc1cnc(N2CCN[C@@H](C)C2)cn1.O=CO. The summed E-state index contributed by atoms with van der Waals surface area (Å²) in [4.78, 5) is 32.3. The Morgan fingerprint density at radius 1 is 1.38 bits per heavy atom. The summed E-state index contributed by atoms with van der Waals surface area (Å²) < 4.78 is 7.37. The molecule has 3 aromatic rings. The number of rotatable bonds is 5. The van der Waals surface area contributed by atoms with Crippen molar-refractivity contribution in [1.82, 2.24) is 25.1 Å². The molecule has 0 spiro atoms. The number of anilines is 2. The number of piperazine rings is 1. The molecule has 1 aliphatic rings. The minimum absolute atomic E-state index is 0.250. The van der Waals surface area contributed by atoms with Crippen molar-refractivity contribution < 1.29 is 19.4 Å². The number of nitrogens with zero attached hydrogens (tertiary/aromatic N) is 5. The lowest BCUT2D eigenvalue weighted by Gasteiger charge is -2.32. The maximum atomic E-state index is 12.9. The lowest BCUT2D eigenvalue weighted by Crippen LogP contribution is -2.49. The quantitative estimate of drug-likeness (QED) is 0.504. The van der Waals surface area contributed by atoms with Gasteiger partial charge in [-0.15, -0.1) is 0 Å². The predicted molar refractivity (Wildman–Crippen MR) is 120 cm³/mol. The van der Waals surface area contributed by atoms with Crippen LogP contribution in [-0.2, 0) is 11.8 Å². The van der Waals surface area contributed by atoms with E-state index >= 15 is 0 Å². The van der Waals surface area contributed by atoms with Gasteiger partial charge in [-0.3, -0.25) is 14.3 Å². The second-order valence-electron chi connectivity index (χ2n) is 7.26. The van der Waals surface area contributed by atoms with Gasteiger partial charge in [0.2, 0.25) is 0 Å². The van der Waals surface area contributed by atoms with Crippen LogP contribution in [0.2, 0.25) is 0 Å². The van der Waals surface area contributed by atoms with E-state index in [1.165, 1.54) is 0 Å². The highest BCUT2D eigenvalue weighted by Crippen LogP contribution is 2.26. The normalized spacial score (nSPS) is 15.6. The van der Waals surface area contributed by atoms with Crippen molar-refractivity contribution in [1.29, 1.82) is 0 Å². The van der Waals surface area contributed by atoms with Crippen LogP contribution in [-0.4, -0.2) is 69.5 Å². The molecule has 1 aromatic carbocycles. The molecule has 11 heteroatoms. The topological polar surface area (TPSA) is 134 Å². The van der Waals surface area contributed by atoms with Crippen LogP contribution in [0.3, 0.4) is 0 Å². The fourth-order valence-corrected chi connectivity index (χ4v) is 3.50. The number of carbonyl (C=O) groups is 2. The summed E-state index contributed by atoms with van der Waals surface area (Å²) in [6.07, 6.45) is 5.15. The summed E-state index contributed by atoms with van der Waals surface area (Å²) in [7, 11) is 1.84. The minimum Gasteiger partial charge on any atom is -0.493 e. The van der Waals surface area contributed by atoms with E-state index in [9.17, 15) is 4.79 Å². The Bertz CT molecular complexity index is 1070. The highest BCUT2D eigenvalue weighted by Gasteiger charge is 2.19. The van der Waals surface area contributed by atoms with Crippen molar-refractivity contribution in [2.45, 2.75) is 19.9 Å². The molecule has 0 unspecified atom stereocenters. The van der Waals surface area contributed by atoms with Gasteiger partial charge < -0.3 is 25.4 Å². The van der Waals surface area contributed by atoms with Gasteiger partial charge in [0.15, 0.2) is 5.82 Å². The first-order chi connectivity index (χ1) is 15.4. The third-order valence-electron chi connectivity index (χ3n) is 4.84. The fourth-order valence-electron chi connectivity index (χ4n) is 3.50. The Kier molecular flexibility index (Phi) is 7.55. The van der Waals surface area contributed by atoms with Crippen LogP contribution in [0.5, 0.6) is 5.75 Å². The van der Waals surface area contributed by atoms with Crippen LogP contribution in [0.1, 0.15) is 24.2 Å². The van der Waals surface area contributed by atoms with Crippen LogP contribution < -0.4 is 20.3 Å². The highest BCUT2D eigenvalue weighted by atomic mass is 16.5. The molecule has 3 heterocycles. The van der Waals surface area contributed by atoms with Gasteiger partial charge in [0.05, 0.1) is 30.1 Å². The van der Waals surface area contributed by atoms with Gasteiger partial charge in [-0.2, -0.15) is 5.10 Å². The summed E-state index contributed by atoms with van der Waals surface area (Å²) in [6, 6.07) is 3.98. The third kappa shape index (κ3) is 5.49. The molecular formula is C21H27N7O4. The number of carbonyl (C=O) groups excluding carboxylic acids is 1. The van der Waals surface area contributed by atoms with E-state index in [4.69, 9.17) is 14.6 Å². The first-order valence-electron chi connectivity index (χ1n) is 10.2. The molecule has 0 bridgehead atoms. The monoisotopic (exact) mass is 441 g/mol. The largest absolute Gasteiger partial charge is 0.493 e. The maximum Gasteiger partial charge on any atom is 0.290 e. The Hall–Kier alpha value is -3.73. The zero-order valence-electron chi connectivity index (χ0n) is 18.3. The summed E-state index contributed by atoms with van der Waals surface area (Å²) in [5.41, 5.74) is 1.22. The second kappa shape index (κ2) is 10.5. The van der Waals surface area contributed by atoms with Crippen molar-refractivity contribution in [3.8, 4) is 5.75 Å². The van der Waals surface area contributed by atoms with Crippen LogP contribution >= 0.6 is 0 Å².